The topological polar surface area (TPSA) is 65.5 Å². The first-order chi connectivity index (χ1) is 11.3. The van der Waals surface area contributed by atoms with E-state index >= 15 is 0 Å². The van der Waals surface area contributed by atoms with Crippen molar-refractivity contribution in [3.05, 3.63) is 35.4 Å². The van der Waals surface area contributed by atoms with Crippen molar-refractivity contribution in [2.45, 2.75) is 40.5 Å². The zero-order valence-corrected chi connectivity index (χ0v) is 15.9. The average molecular weight is 332 g/mol. The van der Waals surface area contributed by atoms with Crippen LogP contribution in [0, 0.1) is 12.3 Å². The number of aliphatic imine (C=N–C) groups is 1. The summed E-state index contributed by atoms with van der Waals surface area (Å²) in [5, 5.41) is 9.44. The molecule has 1 unspecified atom stereocenters. The van der Waals surface area contributed by atoms with Gasteiger partial charge >= 0.3 is 0 Å². The molecule has 134 valence electrons. The molecule has 0 heterocycles. The van der Waals surface area contributed by atoms with Gasteiger partial charge in [0.2, 0.25) is 5.91 Å². The van der Waals surface area contributed by atoms with Crippen LogP contribution >= 0.6 is 0 Å². The number of aryl methyl sites for hydroxylation is 1. The molecule has 1 aromatic rings. The Morgan fingerprint density at radius 3 is 2.33 bits per heavy atom. The van der Waals surface area contributed by atoms with Gasteiger partial charge in [-0.3, -0.25) is 9.79 Å². The Labute approximate surface area is 146 Å². The van der Waals surface area contributed by atoms with Crippen molar-refractivity contribution < 1.29 is 4.79 Å². The van der Waals surface area contributed by atoms with Gasteiger partial charge in [-0.2, -0.15) is 0 Å². The second-order valence-electron chi connectivity index (χ2n) is 6.86. The van der Waals surface area contributed by atoms with Gasteiger partial charge in [-0.1, -0.05) is 36.8 Å². The molecule has 0 aliphatic carbocycles. The molecule has 0 aromatic heterocycles. The van der Waals surface area contributed by atoms with Gasteiger partial charge in [-0.15, -0.1) is 0 Å². The molecule has 5 nitrogen and oxygen atoms in total. The Morgan fingerprint density at radius 1 is 1.17 bits per heavy atom. The van der Waals surface area contributed by atoms with Gasteiger partial charge in [0, 0.05) is 26.7 Å². The van der Waals surface area contributed by atoms with Crippen LogP contribution in [-0.2, 0) is 4.79 Å². The Morgan fingerprint density at radius 2 is 1.79 bits per heavy atom. The van der Waals surface area contributed by atoms with Crippen molar-refractivity contribution in [2.75, 3.05) is 26.7 Å². The molecule has 0 fully saturated rings. The predicted octanol–water partition coefficient (Wildman–Crippen LogP) is 2.43. The van der Waals surface area contributed by atoms with Crippen molar-refractivity contribution in [1.82, 2.24) is 16.0 Å². The lowest BCUT2D eigenvalue weighted by Gasteiger charge is -2.25. The van der Waals surface area contributed by atoms with Crippen LogP contribution in [0.5, 0.6) is 0 Å². The first-order valence-corrected chi connectivity index (χ1v) is 8.59. The molecule has 1 rings (SSSR count). The molecule has 0 bridgehead atoms. The van der Waals surface area contributed by atoms with E-state index in [1.165, 1.54) is 11.1 Å². The van der Waals surface area contributed by atoms with Crippen LogP contribution in [0.1, 0.15) is 44.7 Å². The van der Waals surface area contributed by atoms with E-state index in [4.69, 9.17) is 0 Å². The minimum atomic E-state index is -0.490. The lowest BCUT2D eigenvalue weighted by atomic mass is 9.92. The van der Waals surface area contributed by atoms with Crippen molar-refractivity contribution >= 4 is 11.9 Å². The number of hydrogen-bond acceptors (Lipinski definition) is 2. The van der Waals surface area contributed by atoms with Gasteiger partial charge in [-0.05, 0) is 39.2 Å². The number of hydrogen-bond donors (Lipinski definition) is 3. The standard InChI is InChI=1S/C19H32N4O/c1-7-21-17(24)19(4,5)13-23-18(20-6)22-12-15(3)16-10-8-14(2)9-11-16/h8-11,15H,7,12-13H2,1-6H3,(H,21,24)(H2,20,22,23). The summed E-state index contributed by atoms with van der Waals surface area (Å²) < 4.78 is 0. The smallest absolute Gasteiger partial charge is 0.227 e. The highest BCUT2D eigenvalue weighted by atomic mass is 16.2. The van der Waals surface area contributed by atoms with E-state index in [0.717, 1.165) is 6.54 Å². The van der Waals surface area contributed by atoms with Crippen LogP contribution in [0.3, 0.4) is 0 Å². The van der Waals surface area contributed by atoms with Crippen LogP contribution in [-0.4, -0.2) is 38.5 Å². The average Bonchev–Trinajstić information content (AvgIpc) is 2.55. The van der Waals surface area contributed by atoms with Gasteiger partial charge in [0.05, 0.1) is 5.41 Å². The Bertz CT molecular complexity index is 549. The fourth-order valence-corrected chi connectivity index (χ4v) is 2.27. The lowest BCUT2D eigenvalue weighted by Crippen LogP contribution is -2.48. The van der Waals surface area contributed by atoms with Gasteiger partial charge in [0.15, 0.2) is 5.96 Å². The van der Waals surface area contributed by atoms with Crippen molar-refractivity contribution in [2.24, 2.45) is 10.4 Å². The van der Waals surface area contributed by atoms with E-state index in [2.05, 4.69) is 59.1 Å². The fourth-order valence-electron chi connectivity index (χ4n) is 2.27. The first kappa shape index (κ1) is 20.0. The van der Waals surface area contributed by atoms with E-state index in [1.807, 2.05) is 20.8 Å². The molecular weight excluding hydrogens is 300 g/mol. The number of nitrogens with one attached hydrogen (secondary N) is 3. The first-order valence-electron chi connectivity index (χ1n) is 8.59. The van der Waals surface area contributed by atoms with E-state index in [0.29, 0.717) is 25.0 Å². The molecule has 1 atom stereocenters. The van der Waals surface area contributed by atoms with Crippen LogP contribution in [0.25, 0.3) is 0 Å². The third-order valence-electron chi connectivity index (χ3n) is 4.10. The third-order valence-corrected chi connectivity index (χ3v) is 4.10. The minimum Gasteiger partial charge on any atom is -0.356 e. The van der Waals surface area contributed by atoms with E-state index in [-0.39, 0.29) is 5.91 Å². The zero-order valence-electron chi connectivity index (χ0n) is 15.9. The molecule has 3 N–H and O–H groups in total. The number of benzene rings is 1. The van der Waals surface area contributed by atoms with Crippen molar-refractivity contribution in [1.29, 1.82) is 0 Å². The number of amides is 1. The summed E-state index contributed by atoms with van der Waals surface area (Å²) in [5.41, 5.74) is 2.08. The summed E-state index contributed by atoms with van der Waals surface area (Å²) >= 11 is 0. The SMILES string of the molecule is CCNC(=O)C(C)(C)CNC(=NC)NCC(C)c1ccc(C)cc1. The van der Waals surface area contributed by atoms with E-state index < -0.39 is 5.41 Å². The molecule has 5 heteroatoms. The number of carbonyl (C=O) groups excluding carboxylic acids is 1. The highest BCUT2D eigenvalue weighted by Crippen LogP contribution is 2.15. The molecule has 0 aliphatic rings. The van der Waals surface area contributed by atoms with Gasteiger partial charge in [0.25, 0.3) is 0 Å². The number of guanidine groups is 1. The third kappa shape index (κ3) is 6.22. The summed E-state index contributed by atoms with van der Waals surface area (Å²) in [4.78, 5) is 16.3. The second kappa shape index (κ2) is 9.30. The Kier molecular flexibility index (Phi) is 7.75. The predicted molar refractivity (Wildman–Crippen MR) is 101 cm³/mol. The normalized spacial score (nSPS) is 13.3. The summed E-state index contributed by atoms with van der Waals surface area (Å²) in [7, 11) is 1.74. The fraction of sp³-hybridized carbons (Fsp3) is 0.579. The quantitative estimate of drug-likeness (QED) is 0.531. The van der Waals surface area contributed by atoms with Crippen molar-refractivity contribution in [3.63, 3.8) is 0 Å². The second-order valence-corrected chi connectivity index (χ2v) is 6.86. The monoisotopic (exact) mass is 332 g/mol. The maximum absolute atomic E-state index is 12.0. The van der Waals surface area contributed by atoms with Gasteiger partial charge in [0.1, 0.15) is 0 Å². The molecule has 1 aromatic carbocycles. The Hall–Kier alpha value is -2.04. The van der Waals surface area contributed by atoms with Crippen LogP contribution < -0.4 is 16.0 Å². The maximum Gasteiger partial charge on any atom is 0.227 e. The zero-order chi connectivity index (χ0) is 18.2. The largest absolute Gasteiger partial charge is 0.356 e. The molecule has 24 heavy (non-hydrogen) atoms. The highest BCUT2D eigenvalue weighted by molar-refractivity contribution is 5.84. The molecule has 0 saturated carbocycles. The summed E-state index contributed by atoms with van der Waals surface area (Å²) in [5.74, 6) is 1.13. The molecule has 0 saturated heterocycles. The molecule has 0 aliphatic heterocycles. The number of rotatable bonds is 7. The van der Waals surface area contributed by atoms with Crippen LogP contribution in [0.4, 0.5) is 0 Å². The maximum atomic E-state index is 12.0. The summed E-state index contributed by atoms with van der Waals surface area (Å²) in [6.07, 6.45) is 0. The Balaban J connectivity index is 2.50. The van der Waals surface area contributed by atoms with Crippen LogP contribution in [0.2, 0.25) is 0 Å². The minimum absolute atomic E-state index is 0.0426. The molecular formula is C19H32N4O. The summed E-state index contributed by atoms with van der Waals surface area (Å²) in [6.45, 7) is 12.0. The summed E-state index contributed by atoms with van der Waals surface area (Å²) in [6, 6.07) is 8.59. The van der Waals surface area contributed by atoms with Gasteiger partial charge in [-0.25, -0.2) is 0 Å². The van der Waals surface area contributed by atoms with Crippen molar-refractivity contribution in [3.8, 4) is 0 Å². The number of nitrogens with zero attached hydrogens (tertiary/aromatic N) is 1. The van der Waals surface area contributed by atoms with Crippen LogP contribution in [0.15, 0.2) is 29.3 Å². The molecule has 0 spiro atoms. The lowest BCUT2D eigenvalue weighted by molar-refractivity contribution is -0.128. The number of carbonyl (C=O) groups is 1. The van der Waals surface area contributed by atoms with Gasteiger partial charge < -0.3 is 16.0 Å². The molecule has 0 radical (unpaired) electrons. The van der Waals surface area contributed by atoms with E-state index in [1.54, 1.807) is 7.05 Å². The van der Waals surface area contributed by atoms with E-state index in [9.17, 15) is 4.79 Å². The molecule has 1 amide bonds. The highest BCUT2D eigenvalue weighted by Gasteiger charge is 2.27.